The minimum Gasteiger partial charge on any atom is -0.355 e. The van der Waals surface area contributed by atoms with Crippen molar-refractivity contribution in [2.75, 3.05) is 34.2 Å². The van der Waals surface area contributed by atoms with E-state index in [1.807, 2.05) is 0 Å². The Hall–Kier alpha value is -1.15. The summed E-state index contributed by atoms with van der Waals surface area (Å²) in [5.74, 6) is -0.243. The Bertz CT molecular complexity index is 531. The van der Waals surface area contributed by atoms with E-state index in [1.165, 1.54) is 42.7 Å². The molecule has 0 unspecified atom stereocenters. The van der Waals surface area contributed by atoms with Crippen molar-refractivity contribution in [2.45, 2.75) is 4.90 Å². The fourth-order valence-corrected chi connectivity index (χ4v) is 2.66. The van der Waals surface area contributed by atoms with Crippen molar-refractivity contribution in [3.05, 3.63) is 29.8 Å². The quantitative estimate of drug-likeness (QED) is 0.790. The molecule has 8 heteroatoms. The molecule has 20 heavy (non-hydrogen) atoms. The van der Waals surface area contributed by atoms with Gasteiger partial charge in [0.2, 0.25) is 10.0 Å². The van der Waals surface area contributed by atoms with Gasteiger partial charge in [-0.25, -0.2) is 8.42 Å². The van der Waals surface area contributed by atoms with E-state index in [2.05, 4.69) is 10.6 Å². The molecule has 114 valence electrons. The zero-order chi connectivity index (χ0) is 14.5. The Kier molecular flexibility index (Phi) is 7.74. The van der Waals surface area contributed by atoms with Crippen molar-refractivity contribution >= 4 is 28.3 Å². The molecule has 0 aliphatic rings. The first-order valence-corrected chi connectivity index (χ1v) is 7.30. The highest BCUT2D eigenvalue weighted by atomic mass is 35.5. The summed E-state index contributed by atoms with van der Waals surface area (Å²) in [7, 11) is 1.32. The van der Waals surface area contributed by atoms with Crippen LogP contribution in [0.25, 0.3) is 0 Å². The maximum Gasteiger partial charge on any atom is 0.251 e. The molecule has 0 radical (unpaired) electrons. The molecule has 0 bridgehead atoms. The van der Waals surface area contributed by atoms with Gasteiger partial charge in [-0.15, -0.1) is 12.4 Å². The lowest BCUT2D eigenvalue weighted by Gasteiger charge is -2.17. The third kappa shape index (κ3) is 4.45. The van der Waals surface area contributed by atoms with Crippen molar-refractivity contribution in [2.24, 2.45) is 0 Å². The van der Waals surface area contributed by atoms with Gasteiger partial charge in [-0.05, 0) is 31.3 Å². The van der Waals surface area contributed by atoms with Crippen LogP contribution in [0.3, 0.4) is 0 Å². The number of hydrogen-bond acceptors (Lipinski definition) is 4. The van der Waals surface area contributed by atoms with Gasteiger partial charge >= 0.3 is 0 Å². The molecule has 0 aliphatic heterocycles. The average molecular weight is 322 g/mol. The highest BCUT2D eigenvalue weighted by Gasteiger charge is 2.20. The predicted octanol–water partition coefficient (Wildman–Crippen LogP) is 0.308. The van der Waals surface area contributed by atoms with Crippen LogP contribution in [-0.4, -0.2) is 52.9 Å². The van der Waals surface area contributed by atoms with E-state index in [9.17, 15) is 13.2 Å². The summed E-state index contributed by atoms with van der Waals surface area (Å²) >= 11 is 0. The molecule has 1 aromatic rings. The fraction of sp³-hybridized carbons (Fsp3) is 0.417. The van der Waals surface area contributed by atoms with E-state index in [0.29, 0.717) is 18.7 Å². The maximum atomic E-state index is 12.2. The Balaban J connectivity index is 0.00000361. The summed E-state index contributed by atoms with van der Waals surface area (Å²) in [6.07, 6.45) is 0. The summed E-state index contributed by atoms with van der Waals surface area (Å²) in [6.45, 7) is 0.960. The second-order valence-electron chi connectivity index (χ2n) is 4.03. The van der Waals surface area contributed by atoms with Crippen LogP contribution in [0, 0.1) is 0 Å². The molecule has 0 fully saturated rings. The van der Waals surface area contributed by atoms with Gasteiger partial charge in [0.15, 0.2) is 0 Å². The zero-order valence-electron chi connectivity index (χ0n) is 11.7. The molecule has 0 saturated heterocycles. The number of benzene rings is 1. The number of nitrogens with one attached hydrogen (secondary N) is 2. The Labute approximate surface area is 126 Å². The van der Waals surface area contributed by atoms with Crippen molar-refractivity contribution in [1.82, 2.24) is 14.9 Å². The average Bonchev–Trinajstić information content (AvgIpc) is 2.43. The van der Waals surface area contributed by atoms with Crippen LogP contribution in [0.5, 0.6) is 0 Å². The van der Waals surface area contributed by atoms with Crippen LogP contribution in [-0.2, 0) is 10.0 Å². The summed E-state index contributed by atoms with van der Waals surface area (Å²) in [4.78, 5) is 11.5. The Morgan fingerprint density at radius 1 is 1.20 bits per heavy atom. The molecular weight excluding hydrogens is 302 g/mol. The van der Waals surface area contributed by atoms with Crippen LogP contribution in [0.2, 0.25) is 0 Å². The summed E-state index contributed by atoms with van der Waals surface area (Å²) < 4.78 is 25.6. The van der Waals surface area contributed by atoms with Crippen molar-refractivity contribution in [3.63, 3.8) is 0 Å². The topological polar surface area (TPSA) is 78.5 Å². The van der Waals surface area contributed by atoms with E-state index in [4.69, 9.17) is 0 Å². The van der Waals surface area contributed by atoms with Crippen molar-refractivity contribution in [3.8, 4) is 0 Å². The highest BCUT2D eigenvalue weighted by Crippen LogP contribution is 2.14. The maximum absolute atomic E-state index is 12.2. The van der Waals surface area contributed by atoms with E-state index in [1.54, 1.807) is 7.05 Å². The van der Waals surface area contributed by atoms with E-state index >= 15 is 0 Å². The van der Waals surface area contributed by atoms with E-state index < -0.39 is 10.0 Å². The number of rotatable bonds is 6. The molecule has 0 heterocycles. The molecule has 2 N–H and O–H groups in total. The number of amides is 1. The monoisotopic (exact) mass is 321 g/mol. The SMILES string of the molecule is CNCCN(C)S(=O)(=O)c1ccc(C(=O)NC)cc1.Cl. The number of carbonyl (C=O) groups excluding carboxylic acids is 1. The minimum absolute atomic E-state index is 0. The van der Waals surface area contributed by atoms with Gasteiger partial charge in [0, 0.05) is 32.7 Å². The summed E-state index contributed by atoms with van der Waals surface area (Å²) in [6, 6.07) is 5.88. The highest BCUT2D eigenvalue weighted by molar-refractivity contribution is 7.89. The second-order valence-corrected chi connectivity index (χ2v) is 6.08. The standard InChI is InChI=1S/C12H19N3O3S.ClH/c1-13-8-9-15(3)19(17,18)11-6-4-10(5-7-11)12(16)14-2;/h4-7,13H,8-9H2,1-3H3,(H,14,16);1H. The second kappa shape index (κ2) is 8.21. The Morgan fingerprint density at radius 2 is 1.75 bits per heavy atom. The van der Waals surface area contributed by atoms with Crippen LogP contribution >= 0.6 is 12.4 Å². The van der Waals surface area contributed by atoms with Crippen molar-refractivity contribution < 1.29 is 13.2 Å². The number of nitrogens with zero attached hydrogens (tertiary/aromatic N) is 1. The van der Waals surface area contributed by atoms with Gasteiger partial charge in [-0.1, -0.05) is 0 Å². The zero-order valence-corrected chi connectivity index (χ0v) is 13.3. The largest absolute Gasteiger partial charge is 0.355 e. The molecule has 0 saturated carbocycles. The number of carbonyl (C=O) groups is 1. The van der Waals surface area contributed by atoms with Gasteiger partial charge < -0.3 is 10.6 Å². The first kappa shape index (κ1) is 18.9. The van der Waals surface area contributed by atoms with Crippen LogP contribution in [0.4, 0.5) is 0 Å². The lowest BCUT2D eigenvalue weighted by Crippen LogP contribution is -2.32. The molecule has 1 rings (SSSR count). The molecule has 0 spiro atoms. The summed E-state index contributed by atoms with van der Waals surface area (Å²) in [5, 5.41) is 5.38. The first-order valence-electron chi connectivity index (χ1n) is 5.86. The lowest BCUT2D eigenvalue weighted by atomic mass is 10.2. The van der Waals surface area contributed by atoms with Gasteiger partial charge in [-0.2, -0.15) is 4.31 Å². The first-order chi connectivity index (χ1) is 8.93. The van der Waals surface area contributed by atoms with Crippen molar-refractivity contribution in [1.29, 1.82) is 0 Å². The number of hydrogen-bond donors (Lipinski definition) is 2. The lowest BCUT2D eigenvalue weighted by molar-refractivity contribution is 0.0963. The van der Waals surface area contributed by atoms with Crippen LogP contribution in [0.15, 0.2) is 29.2 Å². The third-order valence-electron chi connectivity index (χ3n) is 2.73. The van der Waals surface area contributed by atoms with Crippen LogP contribution in [0.1, 0.15) is 10.4 Å². The summed E-state index contributed by atoms with van der Waals surface area (Å²) in [5.41, 5.74) is 0.430. The number of sulfonamides is 1. The van der Waals surface area contributed by atoms with Gasteiger partial charge in [0.05, 0.1) is 4.90 Å². The fourth-order valence-electron chi connectivity index (χ4n) is 1.49. The molecule has 6 nitrogen and oxygen atoms in total. The van der Waals surface area contributed by atoms with E-state index in [0.717, 1.165) is 0 Å². The molecular formula is C12H20ClN3O3S. The van der Waals surface area contributed by atoms with Gasteiger partial charge in [0.1, 0.15) is 0 Å². The number of likely N-dealkylation sites (N-methyl/N-ethyl adjacent to an activating group) is 2. The van der Waals surface area contributed by atoms with Gasteiger partial charge in [-0.3, -0.25) is 4.79 Å². The number of halogens is 1. The molecule has 1 amide bonds. The molecule has 1 aromatic carbocycles. The normalized spacial score (nSPS) is 11.0. The van der Waals surface area contributed by atoms with Gasteiger partial charge in [0.25, 0.3) is 5.91 Å². The van der Waals surface area contributed by atoms with Crippen LogP contribution < -0.4 is 10.6 Å². The predicted molar refractivity (Wildman–Crippen MR) is 80.8 cm³/mol. The molecule has 0 atom stereocenters. The molecule has 0 aliphatic carbocycles. The smallest absolute Gasteiger partial charge is 0.251 e. The third-order valence-corrected chi connectivity index (χ3v) is 4.60. The minimum atomic E-state index is -3.50. The Morgan fingerprint density at radius 3 is 2.20 bits per heavy atom. The van der Waals surface area contributed by atoms with E-state index in [-0.39, 0.29) is 23.2 Å². The molecule has 0 aromatic heterocycles.